The van der Waals surface area contributed by atoms with Crippen LogP contribution in [0.3, 0.4) is 0 Å². The van der Waals surface area contributed by atoms with Crippen molar-refractivity contribution in [1.82, 2.24) is 9.13 Å². The molecule has 406 valence electrons. The molecule has 2 aliphatic rings. The fourth-order valence-electron chi connectivity index (χ4n) is 14.9. The molecule has 0 atom stereocenters. The highest BCUT2D eigenvalue weighted by Gasteiger charge is 2.46. The van der Waals surface area contributed by atoms with Gasteiger partial charge < -0.3 is 9.13 Å². The predicted molar refractivity (Wildman–Crippen MR) is 367 cm³/mol. The van der Waals surface area contributed by atoms with Crippen molar-refractivity contribution in [2.24, 2.45) is 0 Å². The average Bonchev–Trinajstić information content (AvgIpc) is 1.90. The summed E-state index contributed by atoms with van der Waals surface area (Å²) in [5, 5.41) is 4.88. The van der Waals surface area contributed by atoms with Gasteiger partial charge in [0.15, 0.2) is 0 Å². The van der Waals surface area contributed by atoms with Gasteiger partial charge >= 0.3 is 0 Å². The molecule has 2 aromatic heterocycles. The van der Waals surface area contributed by atoms with Crippen LogP contribution in [0, 0.1) is 0 Å². The minimum absolute atomic E-state index is 0.0190. The third kappa shape index (κ3) is 7.62. The number of benzene rings is 13. The summed E-state index contributed by atoms with van der Waals surface area (Å²) in [6.07, 6.45) is 0. The number of para-hydroxylation sites is 1. The van der Waals surface area contributed by atoms with Crippen LogP contribution < -0.4 is 0 Å². The summed E-state index contributed by atoms with van der Waals surface area (Å²) in [5.41, 5.74) is 28.8. The molecule has 17 rings (SSSR count). The lowest BCUT2D eigenvalue weighted by atomic mass is 9.67. The molecule has 13 aromatic carbocycles. The summed E-state index contributed by atoms with van der Waals surface area (Å²) >= 11 is 7.93. The van der Waals surface area contributed by atoms with Gasteiger partial charge in [0.05, 0.1) is 27.5 Å². The lowest BCUT2D eigenvalue weighted by Crippen LogP contribution is -2.28. The molecule has 15 aromatic rings. The van der Waals surface area contributed by atoms with Crippen LogP contribution in [-0.2, 0) is 10.8 Å². The average molecular weight is 1230 g/mol. The van der Waals surface area contributed by atoms with E-state index in [0.29, 0.717) is 0 Å². The molecule has 4 heteroatoms. The van der Waals surface area contributed by atoms with E-state index in [1.807, 2.05) is 0 Å². The van der Waals surface area contributed by atoms with E-state index in [4.69, 9.17) is 0 Å². The number of aromatic nitrogens is 2. The molecule has 0 radical (unpaired) electrons. The second-order valence-electron chi connectivity index (χ2n) is 23.8. The second-order valence-corrected chi connectivity index (χ2v) is 25.6. The van der Waals surface area contributed by atoms with E-state index in [0.717, 1.165) is 64.7 Å². The first-order valence-electron chi connectivity index (χ1n) is 29.6. The Morgan fingerprint density at radius 3 is 1.41 bits per heavy atom. The zero-order valence-corrected chi connectivity index (χ0v) is 50.5. The number of rotatable bonds is 8. The van der Waals surface area contributed by atoms with Crippen LogP contribution in [0.15, 0.2) is 300 Å². The largest absolute Gasteiger partial charge is 0.309 e. The maximum atomic E-state index is 4.16. The molecule has 0 aliphatic heterocycles. The number of halogens is 2. The van der Waals surface area contributed by atoms with Crippen molar-refractivity contribution in [2.75, 3.05) is 0 Å². The summed E-state index contributed by atoms with van der Waals surface area (Å²) in [5.74, 6) is 0. The standard InChI is InChI=1S/C82H54Br2N2/c1-81(2)72-25-12-9-23-65(72)71-45-53(34-43-73(71)81)51-28-35-61(36-29-51)85-77-27-14-11-24-67(77)68-39-32-56(48-78(68)85)54-30-38-63(76(84)46-54)57-33-41-70-69-40-31-55(52-16-15-21-60(83)44-52)47-79(69)86(80(70)49-57)62-37-42-66-64-22-10-13-26-74(64)82(75(66)50-62,58-17-5-3-6-18-58)59-19-7-4-8-20-59/h3-50H,1-2H3. The van der Waals surface area contributed by atoms with Crippen LogP contribution in [0.1, 0.15) is 47.2 Å². The quantitative estimate of drug-likeness (QED) is 0.143. The molecule has 0 saturated heterocycles. The number of hydrogen-bond donors (Lipinski definition) is 0. The van der Waals surface area contributed by atoms with Gasteiger partial charge in [0.25, 0.3) is 0 Å². The van der Waals surface area contributed by atoms with Gasteiger partial charge in [0.1, 0.15) is 0 Å². The summed E-state index contributed by atoms with van der Waals surface area (Å²) < 4.78 is 7.04. The van der Waals surface area contributed by atoms with Gasteiger partial charge in [0.2, 0.25) is 0 Å². The van der Waals surface area contributed by atoms with Crippen molar-refractivity contribution >= 4 is 75.5 Å². The Bertz CT molecular complexity index is 5240. The molecule has 2 aliphatic carbocycles. The SMILES string of the molecule is CC1(C)c2ccccc2-c2cc(-c3ccc(-n4c5ccccc5c5ccc(-c6ccc(-c7ccc8c9ccc(-c%10cccc(Br)c%10)cc9n(-c9ccc%10c(c9)C(c9ccccc9)(c9ccccc9)c9ccccc9-%10)c8c7)c(Br)c6)cc54)cc3)ccc21. The zero-order chi connectivity index (χ0) is 57.4. The van der Waals surface area contributed by atoms with Crippen molar-refractivity contribution in [3.05, 3.63) is 334 Å². The molecule has 0 amide bonds. The maximum Gasteiger partial charge on any atom is 0.0714 e. The Morgan fingerprint density at radius 1 is 0.267 bits per heavy atom. The van der Waals surface area contributed by atoms with Crippen molar-refractivity contribution in [1.29, 1.82) is 0 Å². The van der Waals surface area contributed by atoms with Crippen LogP contribution in [-0.4, -0.2) is 9.13 Å². The Morgan fingerprint density at radius 2 is 0.733 bits per heavy atom. The topological polar surface area (TPSA) is 9.86 Å². The van der Waals surface area contributed by atoms with E-state index in [2.05, 4.69) is 346 Å². The first-order valence-corrected chi connectivity index (χ1v) is 31.2. The third-order valence-electron chi connectivity index (χ3n) is 19.0. The molecular formula is C82H54Br2N2. The smallest absolute Gasteiger partial charge is 0.0714 e. The van der Waals surface area contributed by atoms with E-state index in [-0.39, 0.29) is 5.41 Å². The minimum Gasteiger partial charge on any atom is -0.309 e. The summed E-state index contributed by atoms with van der Waals surface area (Å²) in [7, 11) is 0. The Labute approximate surface area is 517 Å². The molecule has 0 bridgehead atoms. The Hall–Kier alpha value is -9.58. The molecule has 0 N–H and O–H groups in total. The fourth-order valence-corrected chi connectivity index (χ4v) is 16.0. The molecule has 2 heterocycles. The van der Waals surface area contributed by atoms with Gasteiger partial charge in [-0.25, -0.2) is 0 Å². The predicted octanol–water partition coefficient (Wildman–Crippen LogP) is 22.7. The van der Waals surface area contributed by atoms with E-state index in [1.165, 1.54) is 99.3 Å². The van der Waals surface area contributed by atoms with Crippen molar-refractivity contribution in [3.8, 4) is 78.1 Å². The number of nitrogens with zero attached hydrogens (tertiary/aromatic N) is 2. The zero-order valence-electron chi connectivity index (χ0n) is 47.4. The molecular weight excluding hydrogens is 1170 g/mol. The van der Waals surface area contributed by atoms with Gasteiger partial charge in [-0.15, -0.1) is 0 Å². The van der Waals surface area contributed by atoms with E-state index < -0.39 is 5.41 Å². The normalized spacial score (nSPS) is 13.5. The summed E-state index contributed by atoms with van der Waals surface area (Å²) in [6, 6.07) is 109. The van der Waals surface area contributed by atoms with Gasteiger partial charge in [-0.05, 0) is 173 Å². The molecule has 0 fully saturated rings. The first kappa shape index (κ1) is 50.9. The van der Waals surface area contributed by atoms with Crippen LogP contribution in [0.2, 0.25) is 0 Å². The highest BCUT2D eigenvalue weighted by Crippen LogP contribution is 2.57. The van der Waals surface area contributed by atoms with Gasteiger partial charge in [-0.1, -0.05) is 264 Å². The first-order chi connectivity index (χ1) is 42.2. The number of fused-ring (bicyclic) bond motifs is 12. The Balaban J connectivity index is 0.780. The Kier molecular flexibility index (Phi) is 11.5. The van der Waals surface area contributed by atoms with Gasteiger partial charge in [-0.2, -0.15) is 0 Å². The van der Waals surface area contributed by atoms with Crippen molar-refractivity contribution in [2.45, 2.75) is 24.7 Å². The van der Waals surface area contributed by atoms with Crippen molar-refractivity contribution < 1.29 is 0 Å². The van der Waals surface area contributed by atoms with E-state index in [1.54, 1.807) is 0 Å². The molecule has 0 saturated carbocycles. The highest BCUT2D eigenvalue weighted by molar-refractivity contribution is 9.10. The third-order valence-corrected chi connectivity index (χ3v) is 20.1. The summed E-state index contributed by atoms with van der Waals surface area (Å²) in [4.78, 5) is 0. The lowest BCUT2D eigenvalue weighted by Gasteiger charge is -2.34. The van der Waals surface area contributed by atoms with E-state index >= 15 is 0 Å². The number of hydrogen-bond acceptors (Lipinski definition) is 0. The highest BCUT2D eigenvalue weighted by atomic mass is 79.9. The van der Waals surface area contributed by atoms with Crippen LogP contribution in [0.25, 0.3) is 122 Å². The molecule has 86 heavy (non-hydrogen) atoms. The molecule has 0 spiro atoms. The van der Waals surface area contributed by atoms with Gasteiger partial charge in [-0.3, -0.25) is 0 Å². The van der Waals surface area contributed by atoms with Crippen LogP contribution >= 0.6 is 31.9 Å². The maximum absolute atomic E-state index is 4.16. The van der Waals surface area contributed by atoms with Crippen LogP contribution in [0.5, 0.6) is 0 Å². The monoisotopic (exact) mass is 1220 g/mol. The summed E-state index contributed by atoms with van der Waals surface area (Å²) in [6.45, 7) is 4.69. The van der Waals surface area contributed by atoms with Gasteiger partial charge in [0, 0.05) is 47.3 Å². The molecule has 0 unspecified atom stereocenters. The lowest BCUT2D eigenvalue weighted by molar-refractivity contribution is 0.660. The second kappa shape index (κ2) is 19.5. The van der Waals surface area contributed by atoms with Crippen LogP contribution in [0.4, 0.5) is 0 Å². The fraction of sp³-hybridized carbons (Fsp3) is 0.0488. The minimum atomic E-state index is -0.537. The van der Waals surface area contributed by atoms with Crippen molar-refractivity contribution in [3.63, 3.8) is 0 Å². The van der Waals surface area contributed by atoms with E-state index in [9.17, 15) is 0 Å². The molecule has 2 nitrogen and oxygen atoms in total.